The van der Waals surface area contributed by atoms with E-state index in [0.29, 0.717) is 18.8 Å². The van der Waals surface area contributed by atoms with Crippen molar-refractivity contribution in [2.24, 2.45) is 0 Å². The monoisotopic (exact) mass is 290 g/mol. The van der Waals surface area contributed by atoms with Gasteiger partial charge >= 0.3 is 5.97 Å². The van der Waals surface area contributed by atoms with Crippen LogP contribution in [0.25, 0.3) is 0 Å². The second kappa shape index (κ2) is 7.60. The largest absolute Gasteiger partial charge is 0.459 e. The van der Waals surface area contributed by atoms with Gasteiger partial charge in [-0.2, -0.15) is 0 Å². The van der Waals surface area contributed by atoms with Crippen LogP contribution >= 0.6 is 0 Å². The number of unbranched alkanes of at least 4 members (excludes halogenated alkanes) is 4. The Morgan fingerprint density at radius 2 is 1.95 bits per heavy atom. The van der Waals surface area contributed by atoms with Gasteiger partial charge in [0.15, 0.2) is 0 Å². The summed E-state index contributed by atoms with van der Waals surface area (Å²) in [5, 5.41) is 0. The average molecular weight is 290 g/mol. The third-order valence-electron chi connectivity index (χ3n) is 3.93. The topological polar surface area (TPSA) is 38.8 Å². The first-order valence-electron chi connectivity index (χ1n) is 8.03. The van der Waals surface area contributed by atoms with Crippen LogP contribution in [0.4, 0.5) is 0 Å². The Morgan fingerprint density at radius 3 is 2.67 bits per heavy atom. The lowest BCUT2D eigenvalue weighted by Crippen LogP contribution is -2.19. The molecule has 1 saturated heterocycles. The molecule has 0 aliphatic carbocycles. The minimum Gasteiger partial charge on any atom is -0.459 e. The highest BCUT2D eigenvalue weighted by atomic mass is 16.6. The smallest absolute Gasteiger partial charge is 0.338 e. The first-order chi connectivity index (χ1) is 10.1. The lowest BCUT2D eigenvalue weighted by Gasteiger charge is -2.11. The zero-order valence-corrected chi connectivity index (χ0v) is 13.2. The van der Waals surface area contributed by atoms with Crippen LogP contribution in [0.2, 0.25) is 0 Å². The number of rotatable bonds is 9. The van der Waals surface area contributed by atoms with Gasteiger partial charge in [0.1, 0.15) is 12.2 Å². The highest BCUT2D eigenvalue weighted by Gasteiger charge is 2.40. The molecule has 1 aromatic rings. The van der Waals surface area contributed by atoms with Crippen molar-refractivity contribution < 1.29 is 14.3 Å². The molecule has 1 aliphatic heterocycles. The first-order valence-corrected chi connectivity index (χ1v) is 8.03. The molecule has 0 spiro atoms. The number of hydrogen-bond donors (Lipinski definition) is 0. The van der Waals surface area contributed by atoms with E-state index in [2.05, 4.69) is 6.92 Å². The summed E-state index contributed by atoms with van der Waals surface area (Å²) in [6, 6.07) is 7.78. The predicted molar refractivity (Wildman–Crippen MR) is 83.5 cm³/mol. The van der Waals surface area contributed by atoms with E-state index in [1.165, 1.54) is 25.7 Å². The summed E-state index contributed by atoms with van der Waals surface area (Å²) in [7, 11) is 0. The summed E-state index contributed by atoms with van der Waals surface area (Å²) < 4.78 is 10.6. The first kappa shape index (κ1) is 16.0. The van der Waals surface area contributed by atoms with E-state index in [0.717, 1.165) is 18.4 Å². The predicted octanol–water partition coefficient (Wildman–Crippen LogP) is 4.15. The van der Waals surface area contributed by atoms with E-state index < -0.39 is 0 Å². The summed E-state index contributed by atoms with van der Waals surface area (Å²) in [6.45, 7) is 5.20. The van der Waals surface area contributed by atoms with E-state index in [4.69, 9.17) is 9.47 Å². The van der Waals surface area contributed by atoms with Gasteiger partial charge in [-0.25, -0.2) is 4.79 Å². The number of benzene rings is 1. The molecule has 3 heteroatoms. The van der Waals surface area contributed by atoms with Crippen molar-refractivity contribution in [3.8, 4) is 0 Å². The zero-order chi connectivity index (χ0) is 15.1. The molecule has 0 N–H and O–H groups in total. The van der Waals surface area contributed by atoms with Crippen molar-refractivity contribution >= 4 is 5.97 Å². The van der Waals surface area contributed by atoms with Gasteiger partial charge in [0.05, 0.1) is 12.2 Å². The lowest BCUT2D eigenvalue weighted by molar-refractivity contribution is 0.0409. The molecule has 2 rings (SSSR count). The Balaban J connectivity index is 1.84. The van der Waals surface area contributed by atoms with Gasteiger partial charge in [-0.15, -0.1) is 0 Å². The Bertz CT molecular complexity index is 463. The summed E-state index contributed by atoms with van der Waals surface area (Å²) in [5.74, 6) is -0.226. The fraction of sp³-hybridized carbons (Fsp3) is 0.611. The third kappa shape index (κ3) is 5.16. The van der Waals surface area contributed by atoms with Gasteiger partial charge in [-0.05, 0) is 31.4 Å². The summed E-state index contributed by atoms with van der Waals surface area (Å²) >= 11 is 0. The standard InChI is InChI=1S/C18H26O3/c1-3-4-5-6-7-10-15-11-8-9-12-16(15)17(19)20-13-18(2)14-21-18/h8-9,11-12H,3-7,10,13-14H2,1-2H3. The van der Waals surface area contributed by atoms with Gasteiger partial charge < -0.3 is 9.47 Å². The maximum Gasteiger partial charge on any atom is 0.338 e. The number of esters is 1. The fourth-order valence-electron chi connectivity index (χ4n) is 2.36. The minimum absolute atomic E-state index is 0.226. The van der Waals surface area contributed by atoms with Crippen LogP contribution in [0, 0.1) is 0 Å². The molecule has 21 heavy (non-hydrogen) atoms. The molecule has 3 nitrogen and oxygen atoms in total. The van der Waals surface area contributed by atoms with Crippen LogP contribution in [-0.4, -0.2) is 24.8 Å². The number of hydrogen-bond acceptors (Lipinski definition) is 3. The van der Waals surface area contributed by atoms with Crippen LogP contribution < -0.4 is 0 Å². The SMILES string of the molecule is CCCCCCCc1ccccc1C(=O)OCC1(C)CO1. The molecule has 1 fully saturated rings. The molecule has 1 atom stereocenters. The van der Waals surface area contributed by atoms with Crippen molar-refractivity contribution in [3.63, 3.8) is 0 Å². The number of carbonyl (C=O) groups excluding carboxylic acids is 1. The molecule has 0 bridgehead atoms. The fourth-order valence-corrected chi connectivity index (χ4v) is 2.36. The van der Waals surface area contributed by atoms with E-state index in [1.54, 1.807) is 0 Å². The van der Waals surface area contributed by atoms with E-state index in [1.807, 2.05) is 31.2 Å². The number of ether oxygens (including phenoxy) is 2. The zero-order valence-electron chi connectivity index (χ0n) is 13.2. The molecule has 116 valence electrons. The average Bonchev–Trinajstić information content (AvgIpc) is 3.23. The van der Waals surface area contributed by atoms with Crippen LogP contribution in [0.5, 0.6) is 0 Å². The summed E-state index contributed by atoms with van der Waals surface area (Å²) in [4.78, 5) is 12.2. The Kier molecular flexibility index (Phi) is 5.80. The van der Waals surface area contributed by atoms with Gasteiger partial charge in [0, 0.05) is 0 Å². The molecule has 0 saturated carbocycles. The van der Waals surface area contributed by atoms with Gasteiger partial charge in [-0.1, -0.05) is 50.8 Å². The normalized spacial score (nSPS) is 20.3. The van der Waals surface area contributed by atoms with Crippen molar-refractivity contribution in [1.82, 2.24) is 0 Å². The summed E-state index contributed by atoms with van der Waals surface area (Å²) in [5.41, 5.74) is 1.56. The third-order valence-corrected chi connectivity index (χ3v) is 3.93. The molecule has 1 unspecified atom stereocenters. The number of carbonyl (C=O) groups is 1. The highest BCUT2D eigenvalue weighted by Crippen LogP contribution is 2.26. The van der Waals surface area contributed by atoms with E-state index >= 15 is 0 Å². The van der Waals surface area contributed by atoms with Crippen LogP contribution in [0.3, 0.4) is 0 Å². The number of epoxide rings is 1. The molecule has 1 aliphatic rings. The minimum atomic E-state index is -0.245. The van der Waals surface area contributed by atoms with E-state index in [9.17, 15) is 4.79 Å². The second-order valence-corrected chi connectivity index (χ2v) is 6.14. The van der Waals surface area contributed by atoms with Crippen molar-refractivity contribution in [2.45, 2.75) is 58.0 Å². The van der Waals surface area contributed by atoms with Crippen LogP contribution in [0.15, 0.2) is 24.3 Å². The number of aryl methyl sites for hydroxylation is 1. The van der Waals surface area contributed by atoms with Gasteiger partial charge in [0.2, 0.25) is 0 Å². The van der Waals surface area contributed by atoms with Crippen molar-refractivity contribution in [2.75, 3.05) is 13.2 Å². The van der Waals surface area contributed by atoms with Crippen molar-refractivity contribution in [3.05, 3.63) is 35.4 Å². The van der Waals surface area contributed by atoms with Crippen LogP contribution in [0.1, 0.15) is 61.9 Å². The van der Waals surface area contributed by atoms with Crippen LogP contribution in [-0.2, 0) is 15.9 Å². The quantitative estimate of drug-likeness (QED) is 0.390. The maximum absolute atomic E-state index is 12.2. The van der Waals surface area contributed by atoms with E-state index in [-0.39, 0.29) is 11.6 Å². The Labute approximate surface area is 127 Å². The molecular weight excluding hydrogens is 264 g/mol. The second-order valence-electron chi connectivity index (χ2n) is 6.14. The lowest BCUT2D eigenvalue weighted by atomic mass is 10.0. The van der Waals surface area contributed by atoms with Crippen molar-refractivity contribution in [1.29, 1.82) is 0 Å². The van der Waals surface area contributed by atoms with Gasteiger partial charge in [-0.3, -0.25) is 0 Å². The summed E-state index contributed by atoms with van der Waals surface area (Å²) in [6.07, 6.45) is 7.13. The molecular formula is C18H26O3. The molecule has 1 aromatic carbocycles. The van der Waals surface area contributed by atoms with Gasteiger partial charge in [0.25, 0.3) is 0 Å². The Hall–Kier alpha value is -1.35. The molecule has 1 heterocycles. The maximum atomic E-state index is 12.2. The molecule has 0 aromatic heterocycles. The molecule has 0 radical (unpaired) electrons. The molecule has 0 amide bonds. The Morgan fingerprint density at radius 1 is 1.24 bits per heavy atom. The highest BCUT2D eigenvalue weighted by molar-refractivity contribution is 5.91.